The summed E-state index contributed by atoms with van der Waals surface area (Å²) in [6.07, 6.45) is 2.44. The highest BCUT2D eigenvalue weighted by atomic mass is 32.1. The van der Waals surface area contributed by atoms with Gasteiger partial charge >= 0.3 is 0 Å². The second kappa shape index (κ2) is 8.67. The monoisotopic (exact) mass is 412 g/mol. The van der Waals surface area contributed by atoms with Gasteiger partial charge in [-0.15, -0.1) is 11.3 Å². The van der Waals surface area contributed by atoms with Crippen molar-refractivity contribution in [3.05, 3.63) is 56.3 Å². The minimum atomic E-state index is -0.0185. The van der Waals surface area contributed by atoms with E-state index in [0.29, 0.717) is 32.8 Å². The number of carbonyl (C=O) groups is 2. The Morgan fingerprint density at radius 2 is 1.97 bits per heavy atom. The minimum Gasteiger partial charge on any atom is -0.378 e. The number of hydrogen-bond donors (Lipinski definition) is 1. The summed E-state index contributed by atoms with van der Waals surface area (Å²) in [5.74, 6) is 0.194. The second-order valence-electron chi connectivity index (χ2n) is 8.04. The van der Waals surface area contributed by atoms with Gasteiger partial charge in [0.15, 0.2) is 0 Å². The molecule has 1 aromatic carbocycles. The molecule has 154 valence electrons. The zero-order valence-electron chi connectivity index (χ0n) is 17.1. The third kappa shape index (κ3) is 4.54. The van der Waals surface area contributed by atoms with Gasteiger partial charge < -0.3 is 15.0 Å². The molecule has 4 rings (SSSR count). The van der Waals surface area contributed by atoms with Crippen LogP contribution in [0.2, 0.25) is 0 Å². The smallest absolute Gasteiger partial charge is 0.264 e. The van der Waals surface area contributed by atoms with Crippen LogP contribution in [0.4, 0.5) is 0 Å². The number of amides is 2. The van der Waals surface area contributed by atoms with Gasteiger partial charge in [0.25, 0.3) is 5.91 Å². The van der Waals surface area contributed by atoms with E-state index in [4.69, 9.17) is 4.74 Å². The highest BCUT2D eigenvalue weighted by Gasteiger charge is 2.28. The third-order valence-electron chi connectivity index (χ3n) is 6.00. The average molecular weight is 413 g/mol. The first-order valence-corrected chi connectivity index (χ1v) is 11.2. The Morgan fingerprint density at radius 1 is 1.17 bits per heavy atom. The van der Waals surface area contributed by atoms with Gasteiger partial charge in [0.2, 0.25) is 5.91 Å². The van der Waals surface area contributed by atoms with Gasteiger partial charge in [0, 0.05) is 30.4 Å². The molecule has 1 atom stereocenters. The number of hydrogen-bond acceptors (Lipinski definition) is 4. The molecular weight excluding hydrogens is 384 g/mol. The van der Waals surface area contributed by atoms with Crippen molar-refractivity contribution < 1.29 is 14.3 Å². The van der Waals surface area contributed by atoms with Crippen LogP contribution in [0.3, 0.4) is 0 Å². The molecule has 2 heterocycles. The molecule has 2 aliphatic rings. The molecule has 2 amide bonds. The predicted molar refractivity (Wildman–Crippen MR) is 114 cm³/mol. The Balaban J connectivity index is 1.36. The summed E-state index contributed by atoms with van der Waals surface area (Å²) in [5.41, 5.74) is 4.81. The van der Waals surface area contributed by atoms with E-state index in [0.717, 1.165) is 29.7 Å². The summed E-state index contributed by atoms with van der Waals surface area (Å²) in [6, 6.07) is 8.32. The van der Waals surface area contributed by atoms with Crippen molar-refractivity contribution >= 4 is 23.2 Å². The topological polar surface area (TPSA) is 58.6 Å². The van der Waals surface area contributed by atoms with Crippen LogP contribution in [-0.2, 0) is 28.9 Å². The van der Waals surface area contributed by atoms with E-state index >= 15 is 0 Å². The third-order valence-corrected chi connectivity index (χ3v) is 7.23. The minimum absolute atomic E-state index is 0.0185. The van der Waals surface area contributed by atoms with Crippen molar-refractivity contribution in [1.29, 1.82) is 0 Å². The van der Waals surface area contributed by atoms with Crippen molar-refractivity contribution in [2.75, 3.05) is 26.3 Å². The second-order valence-corrected chi connectivity index (χ2v) is 9.18. The quantitative estimate of drug-likeness (QED) is 0.839. The van der Waals surface area contributed by atoms with Gasteiger partial charge in [-0.2, -0.15) is 0 Å². The number of nitrogens with zero attached hydrogens (tertiary/aromatic N) is 1. The van der Waals surface area contributed by atoms with Gasteiger partial charge in [-0.05, 0) is 61.4 Å². The van der Waals surface area contributed by atoms with E-state index in [1.165, 1.54) is 21.6 Å². The first-order chi connectivity index (χ1) is 14.0. The zero-order valence-corrected chi connectivity index (χ0v) is 17.9. The lowest BCUT2D eigenvalue weighted by atomic mass is 9.87. The molecule has 0 unspecified atom stereocenters. The lowest BCUT2D eigenvalue weighted by Crippen LogP contribution is -2.40. The maximum Gasteiger partial charge on any atom is 0.264 e. The van der Waals surface area contributed by atoms with Gasteiger partial charge in [-0.25, -0.2) is 0 Å². The van der Waals surface area contributed by atoms with E-state index in [1.54, 1.807) is 11.3 Å². The summed E-state index contributed by atoms with van der Waals surface area (Å²) in [4.78, 5) is 29.4. The van der Waals surface area contributed by atoms with Crippen molar-refractivity contribution in [3.63, 3.8) is 0 Å². The summed E-state index contributed by atoms with van der Waals surface area (Å²) in [5, 5.41) is 3.10. The van der Waals surface area contributed by atoms with Crippen LogP contribution in [0.25, 0.3) is 0 Å². The van der Waals surface area contributed by atoms with Crippen LogP contribution < -0.4 is 5.32 Å². The van der Waals surface area contributed by atoms with Crippen molar-refractivity contribution in [3.8, 4) is 0 Å². The summed E-state index contributed by atoms with van der Waals surface area (Å²) < 4.78 is 5.34. The van der Waals surface area contributed by atoms with Crippen molar-refractivity contribution in [1.82, 2.24) is 10.2 Å². The molecular formula is C23H28N2O3S. The normalized spacial score (nSPS) is 19.0. The lowest BCUT2D eigenvalue weighted by molar-refractivity contribution is -0.125. The van der Waals surface area contributed by atoms with E-state index < -0.39 is 0 Å². The van der Waals surface area contributed by atoms with Crippen molar-refractivity contribution in [2.45, 2.75) is 39.7 Å². The number of ether oxygens (including phenoxy) is 1. The Kier molecular flexibility index (Phi) is 6.01. The predicted octanol–water partition coefficient (Wildman–Crippen LogP) is 3.26. The number of rotatable bonds is 4. The molecule has 1 aromatic heterocycles. The molecule has 1 saturated heterocycles. The molecule has 29 heavy (non-hydrogen) atoms. The number of thiophene rings is 1. The summed E-state index contributed by atoms with van der Waals surface area (Å²) in [7, 11) is 0. The fourth-order valence-corrected chi connectivity index (χ4v) is 5.20. The standard InChI is InChI=1S/C23H28N2O3S/c1-15-3-4-17(11-16(15)2)14-24-22(26)18-5-6-20-19(12-18)13-21(29-20)23(27)25-7-9-28-10-8-25/h3-4,11,13,18H,5-10,12,14H2,1-2H3,(H,24,26)/t18-/m1/s1. The summed E-state index contributed by atoms with van der Waals surface area (Å²) in [6.45, 7) is 7.29. The Morgan fingerprint density at radius 3 is 2.72 bits per heavy atom. The SMILES string of the molecule is Cc1ccc(CNC(=O)[C@@H]2CCc3sc(C(=O)N4CCOCC4)cc3C2)cc1C. The number of aryl methyl sites for hydroxylation is 3. The highest BCUT2D eigenvalue weighted by molar-refractivity contribution is 7.14. The molecule has 5 nitrogen and oxygen atoms in total. The van der Waals surface area contributed by atoms with Crippen LogP contribution in [0.15, 0.2) is 24.3 Å². The molecule has 2 aromatic rings. The molecule has 1 fully saturated rings. The molecule has 1 aliphatic heterocycles. The lowest BCUT2D eigenvalue weighted by Gasteiger charge is -2.26. The molecule has 0 saturated carbocycles. The van der Waals surface area contributed by atoms with Crippen LogP contribution in [0.1, 0.15) is 43.2 Å². The fraction of sp³-hybridized carbons (Fsp3) is 0.478. The van der Waals surface area contributed by atoms with E-state index in [-0.39, 0.29) is 17.7 Å². The maximum atomic E-state index is 12.7. The largest absolute Gasteiger partial charge is 0.378 e. The van der Waals surface area contributed by atoms with Crippen LogP contribution >= 0.6 is 11.3 Å². The molecule has 0 radical (unpaired) electrons. The van der Waals surface area contributed by atoms with Gasteiger partial charge in [-0.1, -0.05) is 18.2 Å². The Labute approximate surface area is 176 Å². The van der Waals surface area contributed by atoms with Crippen LogP contribution in [-0.4, -0.2) is 43.0 Å². The van der Waals surface area contributed by atoms with E-state index in [9.17, 15) is 9.59 Å². The summed E-state index contributed by atoms with van der Waals surface area (Å²) >= 11 is 1.60. The molecule has 1 aliphatic carbocycles. The van der Waals surface area contributed by atoms with E-state index in [2.05, 4.69) is 37.4 Å². The average Bonchev–Trinajstić information content (AvgIpc) is 3.17. The highest BCUT2D eigenvalue weighted by Crippen LogP contribution is 2.33. The number of nitrogens with one attached hydrogen (secondary N) is 1. The number of fused-ring (bicyclic) bond motifs is 1. The molecule has 0 spiro atoms. The maximum absolute atomic E-state index is 12.7. The van der Waals surface area contributed by atoms with Crippen LogP contribution in [0, 0.1) is 19.8 Å². The number of benzene rings is 1. The zero-order chi connectivity index (χ0) is 20.4. The first-order valence-electron chi connectivity index (χ1n) is 10.3. The van der Waals surface area contributed by atoms with Crippen LogP contribution in [0.5, 0.6) is 0 Å². The van der Waals surface area contributed by atoms with Gasteiger partial charge in [-0.3, -0.25) is 9.59 Å². The fourth-order valence-electron chi connectivity index (χ4n) is 4.02. The molecule has 0 bridgehead atoms. The van der Waals surface area contributed by atoms with Crippen molar-refractivity contribution in [2.24, 2.45) is 5.92 Å². The van der Waals surface area contributed by atoms with Gasteiger partial charge in [0.05, 0.1) is 18.1 Å². The Hall–Kier alpha value is -2.18. The van der Waals surface area contributed by atoms with E-state index in [1.807, 2.05) is 11.0 Å². The molecule has 1 N–H and O–H groups in total. The molecule has 6 heteroatoms. The Bertz CT molecular complexity index is 915. The number of carbonyl (C=O) groups excluding carboxylic acids is 2. The van der Waals surface area contributed by atoms with Gasteiger partial charge in [0.1, 0.15) is 0 Å². The number of morpholine rings is 1. The first kappa shape index (κ1) is 20.1.